The van der Waals surface area contributed by atoms with Gasteiger partial charge in [-0.2, -0.15) is 0 Å². The summed E-state index contributed by atoms with van der Waals surface area (Å²) in [6.45, 7) is 8.26. The van der Waals surface area contributed by atoms with Gasteiger partial charge in [-0.05, 0) is 36.2 Å². The smallest absolute Gasteiger partial charge is 0.191 e. The van der Waals surface area contributed by atoms with Crippen LogP contribution in [-0.2, 0) is 17.7 Å². The minimum Gasteiger partial charge on any atom is -0.469 e. The molecule has 0 saturated carbocycles. The van der Waals surface area contributed by atoms with E-state index in [1.165, 1.54) is 6.07 Å². The largest absolute Gasteiger partial charge is 0.469 e. The van der Waals surface area contributed by atoms with Crippen LogP contribution in [0.4, 0.5) is 4.39 Å². The van der Waals surface area contributed by atoms with Crippen LogP contribution in [-0.4, -0.2) is 56.8 Å². The maximum atomic E-state index is 13.5. The van der Waals surface area contributed by atoms with Crippen LogP contribution in [0.25, 0.3) is 0 Å². The zero-order valence-corrected chi connectivity index (χ0v) is 16.4. The Balaban J connectivity index is 1.52. The summed E-state index contributed by atoms with van der Waals surface area (Å²) in [7, 11) is 0. The van der Waals surface area contributed by atoms with Crippen LogP contribution in [0, 0.1) is 12.7 Å². The average molecular weight is 388 g/mol. The van der Waals surface area contributed by atoms with E-state index in [2.05, 4.69) is 20.5 Å². The predicted octanol–water partition coefficient (Wildman–Crippen LogP) is 2.34. The van der Waals surface area contributed by atoms with E-state index in [0.29, 0.717) is 12.1 Å². The molecule has 7 heteroatoms. The molecule has 1 fully saturated rings. The third-order valence-corrected chi connectivity index (χ3v) is 4.71. The first kappa shape index (κ1) is 20.4. The van der Waals surface area contributed by atoms with E-state index in [0.717, 1.165) is 69.6 Å². The molecule has 1 aromatic carbocycles. The van der Waals surface area contributed by atoms with E-state index in [4.69, 9.17) is 9.15 Å². The van der Waals surface area contributed by atoms with Crippen molar-refractivity contribution in [2.45, 2.75) is 19.9 Å². The second-order valence-corrected chi connectivity index (χ2v) is 6.89. The van der Waals surface area contributed by atoms with Crippen molar-refractivity contribution in [2.24, 2.45) is 4.99 Å². The van der Waals surface area contributed by atoms with E-state index in [9.17, 15) is 4.39 Å². The second kappa shape index (κ2) is 10.8. The second-order valence-electron chi connectivity index (χ2n) is 6.89. The Hall–Kier alpha value is -2.38. The number of halogens is 1. The molecule has 2 aromatic rings. The van der Waals surface area contributed by atoms with Crippen LogP contribution in [0.3, 0.4) is 0 Å². The fourth-order valence-electron chi connectivity index (χ4n) is 3.07. The van der Waals surface area contributed by atoms with Gasteiger partial charge in [0.1, 0.15) is 11.6 Å². The van der Waals surface area contributed by atoms with Crippen molar-refractivity contribution in [1.29, 1.82) is 0 Å². The Morgan fingerprint density at radius 3 is 2.75 bits per heavy atom. The molecular formula is C21H29FN4O2. The minimum atomic E-state index is -0.187. The van der Waals surface area contributed by atoms with Gasteiger partial charge < -0.3 is 19.8 Å². The molecule has 3 rings (SSSR count). The van der Waals surface area contributed by atoms with Crippen molar-refractivity contribution in [3.63, 3.8) is 0 Å². The van der Waals surface area contributed by atoms with Gasteiger partial charge in [-0.1, -0.05) is 12.1 Å². The lowest BCUT2D eigenvalue weighted by atomic mass is 10.1. The average Bonchev–Trinajstić information content (AvgIpc) is 3.22. The Labute approximate surface area is 165 Å². The number of aryl methyl sites for hydroxylation is 1. The van der Waals surface area contributed by atoms with E-state index in [1.54, 1.807) is 19.3 Å². The first-order valence-electron chi connectivity index (χ1n) is 9.80. The third kappa shape index (κ3) is 6.65. The van der Waals surface area contributed by atoms with Crippen molar-refractivity contribution in [3.8, 4) is 0 Å². The molecule has 0 radical (unpaired) electrons. The molecule has 0 atom stereocenters. The van der Waals surface area contributed by atoms with Crippen molar-refractivity contribution < 1.29 is 13.5 Å². The monoisotopic (exact) mass is 388 g/mol. The number of aliphatic imine (C=N–C) groups is 1. The molecule has 0 amide bonds. The van der Waals surface area contributed by atoms with E-state index >= 15 is 0 Å². The third-order valence-electron chi connectivity index (χ3n) is 4.71. The Morgan fingerprint density at radius 1 is 1.18 bits per heavy atom. The summed E-state index contributed by atoms with van der Waals surface area (Å²) in [6.07, 6.45) is 2.47. The number of furan rings is 1. The number of nitrogens with one attached hydrogen (secondary N) is 2. The van der Waals surface area contributed by atoms with Gasteiger partial charge in [0.2, 0.25) is 0 Å². The van der Waals surface area contributed by atoms with E-state index < -0.39 is 0 Å². The summed E-state index contributed by atoms with van der Waals surface area (Å²) in [5, 5.41) is 6.75. The van der Waals surface area contributed by atoms with Gasteiger partial charge in [0, 0.05) is 39.1 Å². The molecule has 1 saturated heterocycles. The number of morpholine rings is 1. The molecule has 1 aromatic heterocycles. The highest BCUT2D eigenvalue weighted by Crippen LogP contribution is 2.10. The van der Waals surface area contributed by atoms with Crippen LogP contribution in [0.1, 0.15) is 16.9 Å². The summed E-state index contributed by atoms with van der Waals surface area (Å²) in [5.41, 5.74) is 1.62. The van der Waals surface area contributed by atoms with Crippen molar-refractivity contribution in [3.05, 3.63) is 59.3 Å². The maximum Gasteiger partial charge on any atom is 0.191 e. The predicted molar refractivity (Wildman–Crippen MR) is 108 cm³/mol. The van der Waals surface area contributed by atoms with Gasteiger partial charge in [-0.15, -0.1) is 0 Å². The lowest BCUT2D eigenvalue weighted by molar-refractivity contribution is 0.0389. The SMILES string of the molecule is Cc1cc(CN=C(NCCc2ccco2)NCCN2CCOCC2)ccc1F. The van der Waals surface area contributed by atoms with Gasteiger partial charge in [0.25, 0.3) is 0 Å². The van der Waals surface area contributed by atoms with Crippen molar-refractivity contribution in [2.75, 3.05) is 45.9 Å². The summed E-state index contributed by atoms with van der Waals surface area (Å²) in [4.78, 5) is 7.04. The first-order chi connectivity index (χ1) is 13.7. The molecule has 2 heterocycles. The maximum absolute atomic E-state index is 13.5. The normalized spacial score (nSPS) is 15.6. The summed E-state index contributed by atoms with van der Waals surface area (Å²) in [5.74, 6) is 1.50. The van der Waals surface area contributed by atoms with Gasteiger partial charge >= 0.3 is 0 Å². The number of hydrogen-bond acceptors (Lipinski definition) is 4. The fraction of sp³-hybridized carbons (Fsp3) is 0.476. The number of nitrogens with zero attached hydrogens (tertiary/aromatic N) is 2. The fourth-order valence-corrected chi connectivity index (χ4v) is 3.07. The van der Waals surface area contributed by atoms with Crippen LogP contribution in [0.15, 0.2) is 46.0 Å². The number of guanidine groups is 1. The summed E-state index contributed by atoms with van der Waals surface area (Å²) in [6, 6.07) is 8.97. The molecule has 0 unspecified atom stereocenters. The Morgan fingerprint density at radius 2 is 2.00 bits per heavy atom. The zero-order valence-electron chi connectivity index (χ0n) is 16.4. The zero-order chi connectivity index (χ0) is 19.6. The summed E-state index contributed by atoms with van der Waals surface area (Å²) >= 11 is 0. The highest BCUT2D eigenvalue weighted by Gasteiger charge is 2.10. The van der Waals surface area contributed by atoms with Gasteiger partial charge in [0.15, 0.2) is 5.96 Å². The molecule has 6 nitrogen and oxygen atoms in total. The molecular weight excluding hydrogens is 359 g/mol. The summed E-state index contributed by atoms with van der Waals surface area (Å²) < 4.78 is 24.2. The van der Waals surface area contributed by atoms with Gasteiger partial charge in [-0.3, -0.25) is 4.90 Å². The Bertz CT molecular complexity index is 743. The molecule has 2 N–H and O–H groups in total. The quantitative estimate of drug-likeness (QED) is 0.537. The highest BCUT2D eigenvalue weighted by atomic mass is 19.1. The van der Waals surface area contributed by atoms with Crippen LogP contribution >= 0.6 is 0 Å². The minimum absolute atomic E-state index is 0.187. The Kier molecular flexibility index (Phi) is 7.87. The lowest BCUT2D eigenvalue weighted by Crippen LogP contribution is -2.44. The topological polar surface area (TPSA) is 62.0 Å². The first-order valence-corrected chi connectivity index (χ1v) is 9.80. The number of hydrogen-bond donors (Lipinski definition) is 2. The van der Waals surface area contributed by atoms with E-state index in [-0.39, 0.29) is 5.82 Å². The number of ether oxygens (including phenoxy) is 1. The van der Waals surface area contributed by atoms with Crippen LogP contribution < -0.4 is 10.6 Å². The van der Waals surface area contributed by atoms with Crippen LogP contribution in [0.5, 0.6) is 0 Å². The number of benzene rings is 1. The van der Waals surface area contributed by atoms with E-state index in [1.807, 2.05) is 18.2 Å². The standard InChI is InChI=1S/C21H29FN4O2/c1-17-15-18(4-5-20(17)22)16-25-21(23-7-6-19-3-2-12-28-19)24-8-9-26-10-13-27-14-11-26/h2-5,12,15H,6-11,13-14,16H2,1H3,(H2,23,24,25). The van der Waals surface area contributed by atoms with Gasteiger partial charge in [0.05, 0.1) is 26.0 Å². The highest BCUT2D eigenvalue weighted by molar-refractivity contribution is 5.79. The molecule has 28 heavy (non-hydrogen) atoms. The molecule has 0 spiro atoms. The van der Waals surface area contributed by atoms with Crippen molar-refractivity contribution in [1.82, 2.24) is 15.5 Å². The molecule has 1 aliphatic heterocycles. The van der Waals surface area contributed by atoms with Crippen LogP contribution in [0.2, 0.25) is 0 Å². The molecule has 152 valence electrons. The molecule has 1 aliphatic rings. The van der Waals surface area contributed by atoms with Gasteiger partial charge in [-0.25, -0.2) is 9.38 Å². The molecule has 0 bridgehead atoms. The van der Waals surface area contributed by atoms with Crippen molar-refractivity contribution >= 4 is 5.96 Å². The lowest BCUT2D eigenvalue weighted by Gasteiger charge is -2.26. The molecule has 0 aliphatic carbocycles. The number of rotatable bonds is 8.